The molecule has 6 heteroatoms. The summed E-state index contributed by atoms with van der Waals surface area (Å²) in [5.41, 5.74) is 6.63. The highest BCUT2D eigenvalue weighted by Crippen LogP contribution is 2.20. The fraction of sp³-hybridized carbons (Fsp3) is 0.467. The Kier molecular flexibility index (Phi) is 4.18. The Balaban J connectivity index is 2.08. The van der Waals surface area contributed by atoms with Crippen molar-refractivity contribution in [3.8, 4) is 0 Å². The third-order valence-corrected chi connectivity index (χ3v) is 3.78. The molecule has 1 atom stereocenters. The summed E-state index contributed by atoms with van der Waals surface area (Å²) in [5, 5.41) is 5.59. The number of rotatable bonds is 2. The van der Waals surface area contributed by atoms with E-state index in [1.165, 1.54) is 0 Å². The second kappa shape index (κ2) is 5.73. The maximum Gasteiger partial charge on any atom is 0.322 e. The Bertz CT molecular complexity index is 537. The Labute approximate surface area is 124 Å². The second-order valence-corrected chi connectivity index (χ2v) is 5.81. The first-order valence-corrected chi connectivity index (χ1v) is 7.05. The van der Waals surface area contributed by atoms with Crippen LogP contribution in [0, 0.1) is 0 Å². The van der Waals surface area contributed by atoms with Crippen LogP contribution in [0.1, 0.15) is 32.4 Å². The Morgan fingerprint density at radius 3 is 2.57 bits per heavy atom. The molecular formula is C15H22N4O2. The minimum absolute atomic E-state index is 0.0422. The average Bonchev–Trinajstić information content (AvgIpc) is 2.42. The van der Waals surface area contributed by atoms with Gasteiger partial charge in [-0.05, 0) is 38.5 Å². The van der Waals surface area contributed by atoms with Crippen LogP contribution in [0.25, 0.3) is 0 Å². The van der Waals surface area contributed by atoms with Gasteiger partial charge in [0.25, 0.3) is 0 Å². The monoisotopic (exact) mass is 290 g/mol. The van der Waals surface area contributed by atoms with Gasteiger partial charge >= 0.3 is 6.03 Å². The van der Waals surface area contributed by atoms with Crippen molar-refractivity contribution < 1.29 is 9.59 Å². The van der Waals surface area contributed by atoms with Crippen LogP contribution < -0.4 is 16.4 Å². The van der Waals surface area contributed by atoms with Crippen LogP contribution in [0.4, 0.5) is 10.5 Å². The fourth-order valence-corrected chi connectivity index (χ4v) is 2.32. The highest BCUT2D eigenvalue weighted by atomic mass is 16.2. The van der Waals surface area contributed by atoms with Crippen LogP contribution in [0.3, 0.4) is 0 Å². The predicted octanol–water partition coefficient (Wildman–Crippen LogP) is 1.45. The summed E-state index contributed by atoms with van der Waals surface area (Å²) in [6.45, 7) is 6.34. The lowest BCUT2D eigenvalue weighted by Crippen LogP contribution is -2.64. The number of anilines is 1. The predicted molar refractivity (Wildman–Crippen MR) is 81.9 cm³/mol. The van der Waals surface area contributed by atoms with E-state index in [0.29, 0.717) is 18.8 Å². The highest BCUT2D eigenvalue weighted by Gasteiger charge is 2.40. The van der Waals surface area contributed by atoms with E-state index in [1.54, 1.807) is 18.7 Å². The third kappa shape index (κ3) is 3.16. The van der Waals surface area contributed by atoms with Gasteiger partial charge in [0.05, 0.1) is 0 Å². The molecule has 6 nitrogen and oxygen atoms in total. The maximum atomic E-state index is 12.4. The van der Waals surface area contributed by atoms with E-state index in [0.717, 1.165) is 5.56 Å². The Morgan fingerprint density at radius 1 is 1.38 bits per heavy atom. The first-order chi connectivity index (χ1) is 9.82. The quantitative estimate of drug-likeness (QED) is 0.770. The highest BCUT2D eigenvalue weighted by molar-refractivity contribution is 5.96. The van der Waals surface area contributed by atoms with Gasteiger partial charge < -0.3 is 21.3 Å². The smallest absolute Gasteiger partial charge is 0.322 e. The number of nitrogens with two attached hydrogens (primary N) is 1. The molecule has 4 N–H and O–H groups in total. The minimum Gasteiger partial charge on any atom is -0.352 e. The summed E-state index contributed by atoms with van der Waals surface area (Å²) >= 11 is 0. The van der Waals surface area contributed by atoms with Crippen molar-refractivity contribution in [1.29, 1.82) is 0 Å². The van der Waals surface area contributed by atoms with Gasteiger partial charge in [0.1, 0.15) is 5.54 Å². The molecule has 1 heterocycles. The fourth-order valence-electron chi connectivity index (χ4n) is 2.32. The zero-order valence-electron chi connectivity index (χ0n) is 12.6. The lowest BCUT2D eigenvalue weighted by molar-refractivity contribution is -0.132. The number of carbonyl (C=O) groups is 2. The first kappa shape index (κ1) is 15.3. The minimum atomic E-state index is -0.853. The van der Waals surface area contributed by atoms with Crippen molar-refractivity contribution >= 4 is 17.6 Å². The van der Waals surface area contributed by atoms with Gasteiger partial charge in [0, 0.05) is 24.8 Å². The topological polar surface area (TPSA) is 87.5 Å². The van der Waals surface area contributed by atoms with E-state index in [9.17, 15) is 9.59 Å². The van der Waals surface area contributed by atoms with E-state index < -0.39 is 5.54 Å². The molecule has 3 amide bonds. The Hall–Kier alpha value is -2.08. The molecule has 0 saturated carbocycles. The van der Waals surface area contributed by atoms with Crippen molar-refractivity contribution in [3.05, 3.63) is 29.8 Å². The van der Waals surface area contributed by atoms with Gasteiger partial charge in [-0.25, -0.2) is 4.79 Å². The molecule has 1 aliphatic heterocycles. The third-order valence-electron chi connectivity index (χ3n) is 3.78. The first-order valence-electron chi connectivity index (χ1n) is 7.05. The van der Waals surface area contributed by atoms with Gasteiger partial charge in [-0.2, -0.15) is 0 Å². The largest absolute Gasteiger partial charge is 0.352 e. The summed E-state index contributed by atoms with van der Waals surface area (Å²) in [6.07, 6.45) is 0. The molecular weight excluding hydrogens is 268 g/mol. The number of hydrogen-bond donors (Lipinski definition) is 3. The number of hydrogen-bond acceptors (Lipinski definition) is 3. The number of nitrogens with zero attached hydrogens (tertiary/aromatic N) is 1. The Morgan fingerprint density at radius 2 is 2.00 bits per heavy atom. The summed E-state index contributed by atoms with van der Waals surface area (Å²) in [5.74, 6) is -0.142. The summed E-state index contributed by atoms with van der Waals surface area (Å²) < 4.78 is 0. The van der Waals surface area contributed by atoms with E-state index in [2.05, 4.69) is 10.6 Å². The maximum absolute atomic E-state index is 12.4. The van der Waals surface area contributed by atoms with Crippen LogP contribution in [0.2, 0.25) is 0 Å². The van der Waals surface area contributed by atoms with E-state index >= 15 is 0 Å². The molecule has 114 valence electrons. The molecule has 1 aromatic carbocycles. The molecule has 0 aliphatic carbocycles. The van der Waals surface area contributed by atoms with Crippen molar-refractivity contribution in [3.63, 3.8) is 0 Å². The molecule has 0 spiro atoms. The molecule has 1 aromatic rings. The molecule has 2 rings (SSSR count). The SMILES string of the molecule is CC(N)c1ccc(NC(=O)N2CCNC(=O)C2(C)C)cc1. The lowest BCUT2D eigenvalue weighted by Gasteiger charge is -2.40. The van der Waals surface area contributed by atoms with Gasteiger partial charge in [-0.3, -0.25) is 4.79 Å². The van der Waals surface area contributed by atoms with Crippen molar-refractivity contribution in [1.82, 2.24) is 10.2 Å². The molecule has 0 radical (unpaired) electrons. The van der Waals surface area contributed by atoms with Gasteiger partial charge in [0.15, 0.2) is 0 Å². The van der Waals surface area contributed by atoms with Crippen molar-refractivity contribution in [2.75, 3.05) is 18.4 Å². The molecule has 0 bridgehead atoms. The number of benzene rings is 1. The van der Waals surface area contributed by atoms with Crippen LogP contribution in [0.15, 0.2) is 24.3 Å². The van der Waals surface area contributed by atoms with Gasteiger partial charge in [-0.1, -0.05) is 12.1 Å². The number of carbonyl (C=O) groups excluding carboxylic acids is 2. The number of urea groups is 1. The van der Waals surface area contributed by atoms with Gasteiger partial charge in [0.2, 0.25) is 5.91 Å². The zero-order chi connectivity index (χ0) is 15.6. The molecule has 1 saturated heterocycles. The normalized spacial score (nSPS) is 18.9. The van der Waals surface area contributed by atoms with Crippen LogP contribution in [0.5, 0.6) is 0 Å². The van der Waals surface area contributed by atoms with Gasteiger partial charge in [-0.15, -0.1) is 0 Å². The molecule has 1 unspecified atom stereocenters. The molecule has 21 heavy (non-hydrogen) atoms. The number of piperazine rings is 1. The summed E-state index contributed by atoms with van der Waals surface area (Å²) in [4.78, 5) is 25.8. The van der Waals surface area contributed by atoms with E-state index in [-0.39, 0.29) is 18.0 Å². The summed E-state index contributed by atoms with van der Waals surface area (Å²) in [7, 11) is 0. The lowest BCUT2D eigenvalue weighted by atomic mass is 9.99. The van der Waals surface area contributed by atoms with E-state index in [1.807, 2.05) is 31.2 Å². The van der Waals surface area contributed by atoms with E-state index in [4.69, 9.17) is 5.73 Å². The van der Waals surface area contributed by atoms with Crippen LogP contribution >= 0.6 is 0 Å². The number of nitrogens with one attached hydrogen (secondary N) is 2. The summed E-state index contributed by atoms with van der Waals surface area (Å²) in [6, 6.07) is 7.08. The van der Waals surface area contributed by atoms with Crippen LogP contribution in [-0.4, -0.2) is 35.5 Å². The molecule has 0 aromatic heterocycles. The average molecular weight is 290 g/mol. The standard InChI is InChI=1S/C15H22N4O2/c1-10(16)11-4-6-12(7-5-11)18-14(21)19-9-8-17-13(20)15(19,2)3/h4-7,10H,8-9,16H2,1-3H3,(H,17,20)(H,18,21). The number of amides is 3. The molecule has 1 aliphatic rings. The van der Waals surface area contributed by atoms with Crippen molar-refractivity contribution in [2.45, 2.75) is 32.4 Å². The van der Waals surface area contributed by atoms with Crippen LogP contribution in [-0.2, 0) is 4.79 Å². The zero-order valence-corrected chi connectivity index (χ0v) is 12.6. The second-order valence-electron chi connectivity index (χ2n) is 5.81. The molecule has 1 fully saturated rings. The van der Waals surface area contributed by atoms with Crippen molar-refractivity contribution in [2.24, 2.45) is 5.73 Å².